The minimum Gasteiger partial charge on any atom is -0.495 e. The highest BCUT2D eigenvalue weighted by Crippen LogP contribution is 2.25. The van der Waals surface area contributed by atoms with Crippen LogP contribution in [0.5, 0.6) is 5.75 Å². The zero-order valence-electron chi connectivity index (χ0n) is 13.4. The second-order valence-electron chi connectivity index (χ2n) is 5.15. The summed E-state index contributed by atoms with van der Waals surface area (Å²) in [5.41, 5.74) is 0.748. The molecule has 1 N–H and O–H groups in total. The number of unbranched alkanes of at least 4 members (excludes halogenated alkanes) is 2. The number of allylic oxidation sites excluding steroid dienone is 2. The molecule has 0 spiro atoms. The summed E-state index contributed by atoms with van der Waals surface area (Å²) in [5.74, 6) is 0.863. The molecule has 1 unspecified atom stereocenters. The molecule has 3 nitrogen and oxygen atoms in total. The van der Waals surface area contributed by atoms with Crippen molar-refractivity contribution in [2.45, 2.75) is 46.0 Å². The van der Waals surface area contributed by atoms with E-state index in [0.29, 0.717) is 5.75 Å². The van der Waals surface area contributed by atoms with Crippen LogP contribution in [0.4, 0.5) is 5.69 Å². The third-order valence-corrected chi connectivity index (χ3v) is 3.64. The Kier molecular flexibility index (Phi) is 8.25. The predicted octanol–water partition coefficient (Wildman–Crippen LogP) is 4.80. The second kappa shape index (κ2) is 10.0. The van der Waals surface area contributed by atoms with E-state index in [2.05, 4.69) is 24.4 Å². The van der Waals surface area contributed by atoms with Gasteiger partial charge < -0.3 is 10.1 Å². The quantitative estimate of drug-likeness (QED) is 0.524. The first kappa shape index (κ1) is 17.3. The van der Waals surface area contributed by atoms with Crippen LogP contribution < -0.4 is 10.1 Å². The van der Waals surface area contributed by atoms with Gasteiger partial charge in [0.1, 0.15) is 5.75 Å². The van der Waals surface area contributed by atoms with Crippen molar-refractivity contribution in [3.63, 3.8) is 0 Å². The van der Waals surface area contributed by atoms with Crippen LogP contribution in [0, 0.1) is 5.92 Å². The Morgan fingerprint density at radius 3 is 2.76 bits per heavy atom. The van der Waals surface area contributed by atoms with Gasteiger partial charge in [-0.25, -0.2) is 0 Å². The summed E-state index contributed by atoms with van der Waals surface area (Å²) in [5, 5.41) is 2.99. The molecule has 0 aromatic heterocycles. The van der Waals surface area contributed by atoms with Crippen molar-refractivity contribution in [2.75, 3.05) is 12.4 Å². The van der Waals surface area contributed by atoms with E-state index in [4.69, 9.17) is 4.74 Å². The molecule has 1 aromatic rings. The van der Waals surface area contributed by atoms with Gasteiger partial charge in [0.25, 0.3) is 0 Å². The van der Waals surface area contributed by atoms with Gasteiger partial charge in [-0.1, -0.05) is 37.6 Å². The number of methoxy groups -OCH3 is 1. The Morgan fingerprint density at radius 1 is 1.33 bits per heavy atom. The molecular weight excluding hydrogens is 262 g/mol. The minimum atomic E-state index is 0.0699. The number of para-hydroxylation sites is 2. The van der Waals surface area contributed by atoms with Crippen molar-refractivity contribution in [3.05, 3.63) is 36.4 Å². The van der Waals surface area contributed by atoms with Crippen molar-refractivity contribution in [1.82, 2.24) is 0 Å². The standard InChI is InChI=1S/C18H27NO2/c1-4-6-7-8-9-12-15(5-2)18(20)19-16-13-10-11-14-17(16)21-3/h4,6,10-11,13-15H,5,7-9,12H2,1-3H3,(H,19,20)/b6-4+. The zero-order chi connectivity index (χ0) is 15.5. The fourth-order valence-electron chi connectivity index (χ4n) is 2.32. The van der Waals surface area contributed by atoms with E-state index in [1.54, 1.807) is 7.11 Å². The maximum atomic E-state index is 12.4. The van der Waals surface area contributed by atoms with Gasteiger partial charge in [0, 0.05) is 5.92 Å². The Morgan fingerprint density at radius 2 is 2.10 bits per heavy atom. The number of anilines is 1. The molecule has 1 atom stereocenters. The molecule has 1 amide bonds. The zero-order valence-corrected chi connectivity index (χ0v) is 13.4. The molecule has 3 heteroatoms. The molecule has 0 aliphatic carbocycles. The van der Waals surface area contributed by atoms with Crippen LogP contribution in [0.25, 0.3) is 0 Å². The third kappa shape index (κ3) is 6.03. The van der Waals surface area contributed by atoms with Gasteiger partial charge in [0.15, 0.2) is 0 Å². The summed E-state index contributed by atoms with van der Waals surface area (Å²) < 4.78 is 5.26. The SMILES string of the molecule is C/C=C/CCCCC(CC)C(=O)Nc1ccccc1OC. The number of amides is 1. The second-order valence-corrected chi connectivity index (χ2v) is 5.15. The van der Waals surface area contributed by atoms with Crippen molar-refractivity contribution < 1.29 is 9.53 Å². The van der Waals surface area contributed by atoms with E-state index in [0.717, 1.165) is 37.8 Å². The van der Waals surface area contributed by atoms with Crippen molar-refractivity contribution in [2.24, 2.45) is 5.92 Å². The van der Waals surface area contributed by atoms with Gasteiger partial charge >= 0.3 is 0 Å². The number of benzene rings is 1. The molecule has 0 fully saturated rings. The molecule has 0 radical (unpaired) electrons. The van der Waals surface area contributed by atoms with E-state index in [1.165, 1.54) is 0 Å². The highest BCUT2D eigenvalue weighted by molar-refractivity contribution is 5.93. The monoisotopic (exact) mass is 289 g/mol. The molecule has 21 heavy (non-hydrogen) atoms. The van der Waals surface area contributed by atoms with Crippen LogP contribution >= 0.6 is 0 Å². The fraction of sp³-hybridized carbons (Fsp3) is 0.500. The van der Waals surface area contributed by atoms with Crippen molar-refractivity contribution >= 4 is 11.6 Å². The average molecular weight is 289 g/mol. The third-order valence-electron chi connectivity index (χ3n) is 3.64. The first-order valence-corrected chi connectivity index (χ1v) is 7.78. The van der Waals surface area contributed by atoms with E-state index < -0.39 is 0 Å². The number of nitrogens with one attached hydrogen (secondary N) is 1. The van der Waals surface area contributed by atoms with E-state index in [1.807, 2.05) is 31.2 Å². The smallest absolute Gasteiger partial charge is 0.227 e. The summed E-state index contributed by atoms with van der Waals surface area (Å²) in [4.78, 5) is 12.4. The van der Waals surface area contributed by atoms with Gasteiger partial charge in [-0.3, -0.25) is 4.79 Å². The largest absolute Gasteiger partial charge is 0.495 e. The topological polar surface area (TPSA) is 38.3 Å². The molecule has 0 aliphatic rings. The molecule has 0 bridgehead atoms. The summed E-state index contributed by atoms with van der Waals surface area (Å²) in [6.45, 7) is 4.11. The Labute approximate surface area is 128 Å². The maximum absolute atomic E-state index is 12.4. The van der Waals surface area contributed by atoms with Crippen LogP contribution in [0.3, 0.4) is 0 Å². The van der Waals surface area contributed by atoms with Crippen LogP contribution in [0.2, 0.25) is 0 Å². The maximum Gasteiger partial charge on any atom is 0.227 e. The Bertz CT molecular complexity index is 454. The predicted molar refractivity (Wildman–Crippen MR) is 88.7 cm³/mol. The van der Waals surface area contributed by atoms with Crippen LogP contribution in [-0.2, 0) is 4.79 Å². The number of ether oxygens (including phenoxy) is 1. The lowest BCUT2D eigenvalue weighted by Gasteiger charge is -2.16. The van der Waals surface area contributed by atoms with E-state index in [9.17, 15) is 4.79 Å². The highest BCUT2D eigenvalue weighted by Gasteiger charge is 2.17. The fourth-order valence-corrected chi connectivity index (χ4v) is 2.32. The van der Waals surface area contributed by atoms with Gasteiger partial charge in [-0.05, 0) is 44.7 Å². The van der Waals surface area contributed by atoms with Gasteiger partial charge in [-0.15, -0.1) is 0 Å². The number of carbonyl (C=O) groups is 1. The summed E-state index contributed by atoms with van der Waals surface area (Å²) >= 11 is 0. The highest BCUT2D eigenvalue weighted by atomic mass is 16.5. The lowest BCUT2D eigenvalue weighted by Crippen LogP contribution is -2.22. The molecule has 116 valence electrons. The summed E-state index contributed by atoms with van der Waals surface area (Å²) in [6, 6.07) is 7.52. The number of carbonyl (C=O) groups excluding carboxylic acids is 1. The van der Waals surface area contributed by atoms with Gasteiger partial charge in [0.05, 0.1) is 12.8 Å². The van der Waals surface area contributed by atoms with E-state index >= 15 is 0 Å². The van der Waals surface area contributed by atoms with Crippen LogP contribution in [0.1, 0.15) is 46.0 Å². The van der Waals surface area contributed by atoms with Gasteiger partial charge in [-0.2, -0.15) is 0 Å². The molecule has 0 saturated heterocycles. The molecule has 0 aliphatic heterocycles. The van der Waals surface area contributed by atoms with Gasteiger partial charge in [0.2, 0.25) is 5.91 Å². The number of hydrogen-bond acceptors (Lipinski definition) is 2. The molecule has 1 aromatic carbocycles. The number of hydrogen-bond donors (Lipinski definition) is 1. The Balaban J connectivity index is 2.50. The molecule has 0 heterocycles. The first-order valence-electron chi connectivity index (χ1n) is 7.78. The Hall–Kier alpha value is -1.77. The van der Waals surface area contributed by atoms with Crippen molar-refractivity contribution in [1.29, 1.82) is 0 Å². The lowest BCUT2D eigenvalue weighted by molar-refractivity contribution is -0.120. The normalized spacial score (nSPS) is 12.3. The first-order chi connectivity index (χ1) is 10.2. The summed E-state index contributed by atoms with van der Waals surface area (Å²) in [6.07, 6.45) is 9.38. The average Bonchev–Trinajstić information content (AvgIpc) is 2.51. The van der Waals surface area contributed by atoms with Crippen LogP contribution in [0.15, 0.2) is 36.4 Å². The summed E-state index contributed by atoms with van der Waals surface area (Å²) in [7, 11) is 1.61. The van der Waals surface area contributed by atoms with Crippen molar-refractivity contribution in [3.8, 4) is 5.75 Å². The van der Waals surface area contributed by atoms with Crippen LogP contribution in [-0.4, -0.2) is 13.0 Å². The number of rotatable bonds is 9. The molecular formula is C18H27NO2. The minimum absolute atomic E-state index is 0.0699. The lowest BCUT2D eigenvalue weighted by atomic mass is 9.97. The molecule has 0 saturated carbocycles. The molecule has 1 rings (SSSR count). The van der Waals surface area contributed by atoms with E-state index in [-0.39, 0.29) is 11.8 Å².